The highest BCUT2D eigenvalue weighted by Crippen LogP contribution is 2.24. The summed E-state index contributed by atoms with van der Waals surface area (Å²) < 4.78 is 5.21. The highest BCUT2D eigenvalue weighted by molar-refractivity contribution is 5.50. The molecule has 0 fully saturated rings. The molecule has 0 saturated carbocycles. The lowest BCUT2D eigenvalue weighted by Gasteiger charge is -2.28. The molecular weight excluding hydrogens is 226 g/mol. The van der Waals surface area contributed by atoms with Gasteiger partial charge < -0.3 is 14.7 Å². The number of aliphatic hydroxyl groups is 1. The summed E-state index contributed by atoms with van der Waals surface area (Å²) in [4.78, 5) is 2.14. The van der Waals surface area contributed by atoms with E-state index in [1.165, 1.54) is 0 Å². The Bertz CT molecular complexity index is 371. The molecule has 1 N–H and O–H groups in total. The van der Waals surface area contributed by atoms with E-state index < -0.39 is 0 Å². The Morgan fingerprint density at radius 3 is 2.56 bits per heavy atom. The minimum atomic E-state index is -0.287. The van der Waals surface area contributed by atoms with Gasteiger partial charge in [0, 0.05) is 25.3 Å². The van der Waals surface area contributed by atoms with Crippen molar-refractivity contribution in [2.75, 3.05) is 25.6 Å². The van der Waals surface area contributed by atoms with Crippen LogP contribution in [0.4, 0.5) is 5.69 Å². The van der Waals surface area contributed by atoms with E-state index in [4.69, 9.17) is 4.74 Å². The van der Waals surface area contributed by atoms with E-state index in [0.29, 0.717) is 0 Å². The van der Waals surface area contributed by atoms with Crippen LogP contribution < -0.4 is 9.64 Å². The summed E-state index contributed by atoms with van der Waals surface area (Å²) in [5.74, 6) is 0.857. The van der Waals surface area contributed by atoms with Gasteiger partial charge in [0.25, 0.3) is 0 Å². The highest BCUT2D eigenvalue weighted by Gasteiger charge is 2.22. The summed E-state index contributed by atoms with van der Waals surface area (Å²) in [6.07, 6.45) is 0.475. The Kier molecular flexibility index (Phi) is 5.03. The molecule has 0 aliphatic rings. The van der Waals surface area contributed by atoms with Crippen molar-refractivity contribution in [1.82, 2.24) is 0 Å². The van der Waals surface area contributed by atoms with Crippen molar-refractivity contribution in [2.45, 2.75) is 33.3 Å². The number of rotatable bonds is 5. The van der Waals surface area contributed by atoms with Crippen LogP contribution in [0.1, 0.15) is 27.2 Å². The average molecular weight is 251 g/mol. The van der Waals surface area contributed by atoms with Crippen molar-refractivity contribution >= 4 is 5.69 Å². The molecule has 0 aliphatic carbocycles. The molecule has 0 amide bonds. The van der Waals surface area contributed by atoms with Gasteiger partial charge in [-0.2, -0.15) is 0 Å². The van der Waals surface area contributed by atoms with Gasteiger partial charge in [0.2, 0.25) is 0 Å². The molecule has 102 valence electrons. The second-order valence-corrected chi connectivity index (χ2v) is 5.79. The molecule has 0 aliphatic heterocycles. The van der Waals surface area contributed by atoms with Gasteiger partial charge in [0.15, 0.2) is 0 Å². The van der Waals surface area contributed by atoms with E-state index in [1.807, 2.05) is 31.3 Å². The van der Waals surface area contributed by atoms with Gasteiger partial charge in [-0.25, -0.2) is 0 Å². The largest absolute Gasteiger partial charge is 0.497 e. The molecule has 1 aromatic rings. The summed E-state index contributed by atoms with van der Waals surface area (Å²) in [6, 6.07) is 7.96. The Morgan fingerprint density at radius 2 is 2.00 bits per heavy atom. The van der Waals surface area contributed by atoms with Crippen LogP contribution in [0.3, 0.4) is 0 Å². The molecule has 0 bridgehead atoms. The van der Waals surface area contributed by atoms with Gasteiger partial charge in [0.1, 0.15) is 5.75 Å². The van der Waals surface area contributed by atoms with Gasteiger partial charge in [-0.1, -0.05) is 26.8 Å². The maximum atomic E-state index is 10.0. The molecule has 0 heterocycles. The van der Waals surface area contributed by atoms with Gasteiger partial charge in [0.05, 0.1) is 13.2 Å². The molecule has 1 unspecified atom stereocenters. The first-order valence-corrected chi connectivity index (χ1v) is 6.38. The normalized spacial score (nSPS) is 13.2. The molecule has 0 aromatic heterocycles. The third kappa shape index (κ3) is 4.22. The quantitative estimate of drug-likeness (QED) is 0.873. The second-order valence-electron chi connectivity index (χ2n) is 5.79. The fraction of sp³-hybridized carbons (Fsp3) is 0.600. The average Bonchev–Trinajstić information content (AvgIpc) is 2.34. The number of methoxy groups -OCH3 is 1. The Labute approximate surface area is 110 Å². The van der Waals surface area contributed by atoms with E-state index in [1.54, 1.807) is 7.11 Å². The monoisotopic (exact) mass is 251 g/mol. The first kappa shape index (κ1) is 14.8. The number of nitrogens with zero attached hydrogens (tertiary/aromatic N) is 1. The smallest absolute Gasteiger partial charge is 0.120 e. The Hall–Kier alpha value is -1.22. The third-order valence-corrected chi connectivity index (χ3v) is 3.23. The molecule has 0 radical (unpaired) electrons. The lowest BCUT2D eigenvalue weighted by molar-refractivity contribution is 0.0576. The zero-order valence-corrected chi connectivity index (χ0v) is 12.1. The number of ether oxygens (including phenoxy) is 1. The fourth-order valence-electron chi connectivity index (χ4n) is 1.73. The molecule has 18 heavy (non-hydrogen) atoms. The SMILES string of the molecule is COc1cccc(N(C)CCC(O)C(C)(C)C)c1. The summed E-state index contributed by atoms with van der Waals surface area (Å²) in [5, 5.41) is 10.0. The van der Waals surface area contributed by atoms with Crippen molar-refractivity contribution < 1.29 is 9.84 Å². The maximum Gasteiger partial charge on any atom is 0.120 e. The minimum Gasteiger partial charge on any atom is -0.497 e. The van der Waals surface area contributed by atoms with Crippen LogP contribution in [0, 0.1) is 5.41 Å². The van der Waals surface area contributed by atoms with Crippen LogP contribution in [0.5, 0.6) is 5.75 Å². The van der Waals surface area contributed by atoms with Crippen molar-refractivity contribution in [3.8, 4) is 5.75 Å². The van der Waals surface area contributed by atoms with E-state index in [-0.39, 0.29) is 11.5 Å². The minimum absolute atomic E-state index is 0.0603. The van der Waals surface area contributed by atoms with Crippen molar-refractivity contribution in [2.24, 2.45) is 5.41 Å². The van der Waals surface area contributed by atoms with Crippen LogP contribution in [0.25, 0.3) is 0 Å². The van der Waals surface area contributed by atoms with Crippen LogP contribution >= 0.6 is 0 Å². The van der Waals surface area contributed by atoms with Gasteiger partial charge >= 0.3 is 0 Å². The molecule has 1 rings (SSSR count). The number of benzene rings is 1. The van der Waals surface area contributed by atoms with E-state index >= 15 is 0 Å². The van der Waals surface area contributed by atoms with Crippen LogP contribution in [-0.2, 0) is 0 Å². The molecule has 0 saturated heterocycles. The Morgan fingerprint density at radius 1 is 1.33 bits per heavy atom. The molecular formula is C15H25NO2. The van der Waals surface area contributed by atoms with Gasteiger partial charge in [-0.05, 0) is 24.0 Å². The van der Waals surface area contributed by atoms with Gasteiger partial charge in [-0.15, -0.1) is 0 Å². The highest BCUT2D eigenvalue weighted by atomic mass is 16.5. The summed E-state index contributed by atoms with van der Waals surface area (Å²) >= 11 is 0. The van der Waals surface area contributed by atoms with E-state index in [9.17, 15) is 5.11 Å². The van der Waals surface area contributed by atoms with Crippen LogP contribution in [-0.4, -0.2) is 31.9 Å². The maximum absolute atomic E-state index is 10.0. The predicted octanol–water partition coefficient (Wildman–Crippen LogP) is 2.93. The number of hydrogen-bond acceptors (Lipinski definition) is 3. The van der Waals surface area contributed by atoms with Crippen molar-refractivity contribution in [3.05, 3.63) is 24.3 Å². The summed E-state index contributed by atoms with van der Waals surface area (Å²) in [6.45, 7) is 7.00. The lowest BCUT2D eigenvalue weighted by Crippen LogP contribution is -2.31. The standard InChI is InChI=1S/C15H25NO2/c1-15(2,3)14(17)9-10-16(4)12-7-6-8-13(11-12)18-5/h6-8,11,14,17H,9-10H2,1-5H3. The van der Waals surface area contributed by atoms with E-state index in [0.717, 1.165) is 24.4 Å². The summed E-state index contributed by atoms with van der Waals surface area (Å²) in [5.41, 5.74) is 1.05. The van der Waals surface area contributed by atoms with Crippen molar-refractivity contribution in [3.63, 3.8) is 0 Å². The van der Waals surface area contributed by atoms with Gasteiger partial charge in [-0.3, -0.25) is 0 Å². The predicted molar refractivity (Wildman–Crippen MR) is 76.3 cm³/mol. The molecule has 1 atom stereocenters. The topological polar surface area (TPSA) is 32.7 Å². The number of aliphatic hydroxyl groups excluding tert-OH is 1. The molecule has 3 heteroatoms. The number of hydrogen-bond donors (Lipinski definition) is 1. The number of anilines is 1. The zero-order chi connectivity index (χ0) is 13.8. The zero-order valence-electron chi connectivity index (χ0n) is 12.1. The third-order valence-electron chi connectivity index (χ3n) is 3.23. The molecule has 0 spiro atoms. The van der Waals surface area contributed by atoms with Crippen LogP contribution in [0.15, 0.2) is 24.3 Å². The second kappa shape index (κ2) is 6.10. The van der Waals surface area contributed by atoms with Crippen LogP contribution in [0.2, 0.25) is 0 Å². The molecule has 3 nitrogen and oxygen atoms in total. The lowest BCUT2D eigenvalue weighted by atomic mass is 9.87. The van der Waals surface area contributed by atoms with Crippen molar-refractivity contribution in [1.29, 1.82) is 0 Å². The summed E-state index contributed by atoms with van der Waals surface area (Å²) in [7, 11) is 3.70. The first-order valence-electron chi connectivity index (χ1n) is 6.38. The fourth-order valence-corrected chi connectivity index (χ4v) is 1.73. The first-order chi connectivity index (χ1) is 8.34. The molecule has 1 aromatic carbocycles. The van der Waals surface area contributed by atoms with E-state index in [2.05, 4.69) is 25.7 Å². The Balaban J connectivity index is 2.57.